The Kier molecular flexibility index (Phi) is 6.24. The molecule has 0 saturated heterocycles. The Balaban J connectivity index is 1.82. The lowest BCUT2D eigenvalue weighted by atomic mass is 10.3. The molecule has 2 aromatic rings. The van der Waals surface area contributed by atoms with Crippen LogP contribution in [0.5, 0.6) is 17.2 Å². The Hall–Kier alpha value is -2.75. The molecule has 0 aromatic heterocycles. The summed E-state index contributed by atoms with van der Waals surface area (Å²) in [5.41, 5.74) is 0. The Morgan fingerprint density at radius 1 is 1.04 bits per heavy atom. The minimum atomic E-state index is -0.304. The van der Waals surface area contributed by atoms with Gasteiger partial charge in [-0.3, -0.25) is 4.79 Å². The number of carbonyl (C=O) groups is 1. The van der Waals surface area contributed by atoms with E-state index in [0.717, 1.165) is 11.5 Å². The highest BCUT2D eigenvalue weighted by Crippen LogP contribution is 2.23. The molecule has 2 aromatic carbocycles. The molecule has 0 fully saturated rings. The summed E-state index contributed by atoms with van der Waals surface area (Å²) < 4.78 is 16.5. The minimum Gasteiger partial charge on any atom is -0.487 e. The van der Waals surface area contributed by atoms with Crippen molar-refractivity contribution in [2.45, 2.75) is 19.4 Å². The lowest BCUT2D eigenvalue weighted by Gasteiger charge is -2.15. The van der Waals surface area contributed by atoms with Gasteiger partial charge in [-0.2, -0.15) is 0 Å². The Morgan fingerprint density at radius 3 is 2.30 bits per heavy atom. The van der Waals surface area contributed by atoms with Crippen LogP contribution in [0.25, 0.3) is 0 Å². The second-order valence-corrected chi connectivity index (χ2v) is 4.99. The summed E-state index contributed by atoms with van der Waals surface area (Å²) in [4.78, 5) is 11.3. The highest BCUT2D eigenvalue weighted by atomic mass is 16.6. The Bertz CT molecular complexity index is 620. The summed E-state index contributed by atoms with van der Waals surface area (Å²) in [6, 6.07) is 16.9. The third-order valence-corrected chi connectivity index (χ3v) is 2.93. The summed E-state index contributed by atoms with van der Waals surface area (Å²) in [5.74, 6) is 1.90. The molecule has 0 bridgehead atoms. The van der Waals surface area contributed by atoms with Gasteiger partial charge in [0.15, 0.2) is 0 Å². The summed E-state index contributed by atoms with van der Waals surface area (Å²) in [6.07, 6.45) is 1.49. The van der Waals surface area contributed by atoms with Crippen molar-refractivity contribution in [1.29, 1.82) is 0 Å². The maximum atomic E-state index is 11.3. The number of esters is 1. The van der Waals surface area contributed by atoms with E-state index in [2.05, 4.69) is 6.58 Å². The first kappa shape index (κ1) is 16.6. The van der Waals surface area contributed by atoms with Gasteiger partial charge in [-0.05, 0) is 43.3 Å². The van der Waals surface area contributed by atoms with Crippen LogP contribution in [0.3, 0.4) is 0 Å². The average molecular weight is 312 g/mol. The molecule has 0 aliphatic rings. The maximum absolute atomic E-state index is 11.3. The fourth-order valence-corrected chi connectivity index (χ4v) is 1.86. The van der Waals surface area contributed by atoms with Gasteiger partial charge in [0.05, 0.1) is 6.42 Å². The smallest absolute Gasteiger partial charge is 0.309 e. The van der Waals surface area contributed by atoms with Crippen LogP contribution in [0.2, 0.25) is 0 Å². The third kappa shape index (κ3) is 5.87. The van der Waals surface area contributed by atoms with Crippen LogP contribution >= 0.6 is 0 Å². The molecule has 2 rings (SSSR count). The van der Waals surface area contributed by atoms with Crippen molar-refractivity contribution in [3.8, 4) is 17.2 Å². The second-order valence-electron chi connectivity index (χ2n) is 4.99. The normalized spacial score (nSPS) is 11.3. The zero-order valence-corrected chi connectivity index (χ0v) is 13.1. The average Bonchev–Trinajstić information content (AvgIpc) is 2.56. The van der Waals surface area contributed by atoms with Crippen molar-refractivity contribution in [3.63, 3.8) is 0 Å². The Morgan fingerprint density at radius 2 is 1.65 bits per heavy atom. The lowest BCUT2D eigenvalue weighted by molar-refractivity contribution is -0.144. The van der Waals surface area contributed by atoms with E-state index < -0.39 is 0 Å². The summed E-state index contributed by atoms with van der Waals surface area (Å²) in [6.45, 7) is 5.54. The van der Waals surface area contributed by atoms with Gasteiger partial charge in [0.25, 0.3) is 0 Å². The van der Waals surface area contributed by atoms with Crippen LogP contribution in [0, 0.1) is 0 Å². The quantitative estimate of drug-likeness (QED) is 0.536. The zero-order chi connectivity index (χ0) is 16.5. The van der Waals surface area contributed by atoms with E-state index >= 15 is 0 Å². The molecular weight excluding hydrogens is 292 g/mol. The number of benzene rings is 2. The molecule has 0 N–H and O–H groups in total. The monoisotopic (exact) mass is 312 g/mol. The van der Waals surface area contributed by atoms with Crippen LogP contribution in [0.4, 0.5) is 0 Å². The predicted octanol–water partition coefficient (Wildman–Crippen LogP) is 4.37. The first-order chi connectivity index (χ1) is 11.2. The van der Waals surface area contributed by atoms with Crippen molar-refractivity contribution in [2.24, 2.45) is 0 Å². The van der Waals surface area contributed by atoms with Crippen LogP contribution in [-0.2, 0) is 9.53 Å². The van der Waals surface area contributed by atoms with Gasteiger partial charge < -0.3 is 14.2 Å². The summed E-state index contributed by atoms with van der Waals surface area (Å²) in [5, 5.41) is 0. The molecule has 0 aliphatic heterocycles. The number of ether oxygens (including phenoxy) is 3. The van der Waals surface area contributed by atoms with Crippen molar-refractivity contribution in [2.75, 3.05) is 6.61 Å². The second kappa shape index (κ2) is 8.63. The van der Waals surface area contributed by atoms with E-state index in [0.29, 0.717) is 5.75 Å². The van der Waals surface area contributed by atoms with Crippen LogP contribution < -0.4 is 9.47 Å². The topological polar surface area (TPSA) is 44.8 Å². The molecule has 0 spiro atoms. The van der Waals surface area contributed by atoms with E-state index in [1.54, 1.807) is 0 Å². The van der Waals surface area contributed by atoms with Crippen molar-refractivity contribution in [1.82, 2.24) is 0 Å². The SMILES string of the molecule is C=CCC(=O)OCC(C)Oc1ccc(Oc2ccccc2)cc1. The highest BCUT2D eigenvalue weighted by molar-refractivity contribution is 5.70. The predicted molar refractivity (Wildman–Crippen MR) is 88.8 cm³/mol. The number of rotatable bonds is 8. The molecule has 1 atom stereocenters. The van der Waals surface area contributed by atoms with Gasteiger partial charge >= 0.3 is 5.97 Å². The fourth-order valence-electron chi connectivity index (χ4n) is 1.86. The van der Waals surface area contributed by atoms with Crippen molar-refractivity contribution < 1.29 is 19.0 Å². The van der Waals surface area contributed by atoms with Crippen LogP contribution in [0.15, 0.2) is 67.3 Å². The number of hydrogen-bond donors (Lipinski definition) is 0. The number of carbonyl (C=O) groups excluding carboxylic acids is 1. The molecule has 0 heterocycles. The van der Waals surface area contributed by atoms with Gasteiger partial charge in [0, 0.05) is 0 Å². The van der Waals surface area contributed by atoms with E-state index in [4.69, 9.17) is 14.2 Å². The third-order valence-electron chi connectivity index (χ3n) is 2.93. The zero-order valence-electron chi connectivity index (χ0n) is 13.1. The van der Waals surface area contributed by atoms with E-state index in [1.165, 1.54) is 6.08 Å². The van der Waals surface area contributed by atoms with Crippen molar-refractivity contribution >= 4 is 5.97 Å². The first-order valence-corrected chi connectivity index (χ1v) is 7.43. The van der Waals surface area contributed by atoms with Crippen LogP contribution in [0.1, 0.15) is 13.3 Å². The summed E-state index contributed by atoms with van der Waals surface area (Å²) >= 11 is 0. The molecule has 0 saturated carbocycles. The van der Waals surface area contributed by atoms with Gasteiger partial charge in [0.1, 0.15) is 30.0 Å². The van der Waals surface area contributed by atoms with E-state index in [-0.39, 0.29) is 25.1 Å². The highest BCUT2D eigenvalue weighted by Gasteiger charge is 2.08. The minimum absolute atomic E-state index is 0.203. The number of para-hydroxylation sites is 1. The van der Waals surface area contributed by atoms with Crippen LogP contribution in [-0.4, -0.2) is 18.7 Å². The molecule has 0 aliphatic carbocycles. The molecule has 4 heteroatoms. The number of hydrogen-bond acceptors (Lipinski definition) is 4. The standard InChI is InChI=1S/C19H20O4/c1-3-7-19(20)21-14-15(2)22-17-10-12-18(13-11-17)23-16-8-5-4-6-9-16/h3-6,8-13,15H,1,7,14H2,2H3. The largest absolute Gasteiger partial charge is 0.487 e. The van der Waals surface area contributed by atoms with Gasteiger partial charge in [-0.15, -0.1) is 6.58 Å². The van der Waals surface area contributed by atoms with Gasteiger partial charge in [-0.1, -0.05) is 24.3 Å². The van der Waals surface area contributed by atoms with Gasteiger partial charge in [0.2, 0.25) is 0 Å². The lowest BCUT2D eigenvalue weighted by Crippen LogP contribution is -2.21. The summed E-state index contributed by atoms with van der Waals surface area (Å²) in [7, 11) is 0. The maximum Gasteiger partial charge on any atom is 0.309 e. The molecule has 0 amide bonds. The molecule has 1 unspecified atom stereocenters. The molecule has 120 valence electrons. The van der Waals surface area contributed by atoms with Crippen molar-refractivity contribution in [3.05, 3.63) is 67.3 Å². The Labute approximate surface area is 136 Å². The first-order valence-electron chi connectivity index (χ1n) is 7.43. The van der Waals surface area contributed by atoms with E-state index in [1.807, 2.05) is 61.5 Å². The molecule has 23 heavy (non-hydrogen) atoms. The molecule has 4 nitrogen and oxygen atoms in total. The van der Waals surface area contributed by atoms with Gasteiger partial charge in [-0.25, -0.2) is 0 Å². The molecule has 0 radical (unpaired) electrons. The molecular formula is C19H20O4. The fraction of sp³-hybridized carbons (Fsp3) is 0.211. The van der Waals surface area contributed by atoms with E-state index in [9.17, 15) is 4.79 Å².